The van der Waals surface area contributed by atoms with Crippen LogP contribution in [0, 0.1) is 13.8 Å². The summed E-state index contributed by atoms with van der Waals surface area (Å²) < 4.78 is 4.86. The molecule has 1 N–H and O–H groups in total. The average molecular weight is 275 g/mol. The van der Waals surface area contributed by atoms with E-state index in [1.54, 1.807) is 13.0 Å². The Morgan fingerprint density at radius 1 is 1.30 bits per heavy atom. The summed E-state index contributed by atoms with van der Waals surface area (Å²) in [6, 6.07) is 3.46. The van der Waals surface area contributed by atoms with Gasteiger partial charge in [0.1, 0.15) is 17.4 Å². The van der Waals surface area contributed by atoms with Crippen molar-refractivity contribution in [3.05, 3.63) is 35.1 Å². The van der Waals surface area contributed by atoms with E-state index in [0.29, 0.717) is 11.6 Å². The molecule has 2 aromatic rings. The topological polar surface area (TPSA) is 84.2 Å². The van der Waals surface area contributed by atoms with Gasteiger partial charge in [-0.15, -0.1) is 0 Å². The molecular weight excluding hydrogens is 258 g/mol. The molecule has 2 heterocycles. The molecule has 106 valence electrons. The van der Waals surface area contributed by atoms with Crippen LogP contribution in [0.15, 0.2) is 16.7 Å². The summed E-state index contributed by atoms with van der Waals surface area (Å²) >= 11 is 0. The SMILES string of the molecule is Cc1cc(N(C)C)nc(CNC(=O)c2cc(C)on2)n1. The van der Waals surface area contributed by atoms with Crippen LogP contribution < -0.4 is 10.2 Å². The van der Waals surface area contributed by atoms with E-state index in [1.807, 2.05) is 32.0 Å². The first-order valence-corrected chi connectivity index (χ1v) is 6.19. The quantitative estimate of drug-likeness (QED) is 0.898. The number of carbonyl (C=O) groups is 1. The minimum Gasteiger partial charge on any atom is -0.363 e. The second-order valence-corrected chi connectivity index (χ2v) is 4.68. The predicted molar refractivity (Wildman–Crippen MR) is 73.5 cm³/mol. The number of hydrogen-bond donors (Lipinski definition) is 1. The van der Waals surface area contributed by atoms with Gasteiger partial charge in [-0.25, -0.2) is 9.97 Å². The summed E-state index contributed by atoms with van der Waals surface area (Å²) in [5.41, 5.74) is 1.10. The molecule has 0 atom stereocenters. The summed E-state index contributed by atoms with van der Waals surface area (Å²) in [5.74, 6) is 1.65. The van der Waals surface area contributed by atoms with Gasteiger partial charge in [0.05, 0.1) is 6.54 Å². The second kappa shape index (κ2) is 5.68. The first kappa shape index (κ1) is 14.0. The van der Waals surface area contributed by atoms with E-state index in [2.05, 4.69) is 20.4 Å². The number of aryl methyl sites for hydroxylation is 2. The molecule has 0 bridgehead atoms. The Hall–Kier alpha value is -2.44. The Balaban J connectivity index is 2.05. The van der Waals surface area contributed by atoms with E-state index in [1.165, 1.54) is 0 Å². The van der Waals surface area contributed by atoms with Gasteiger partial charge < -0.3 is 14.7 Å². The van der Waals surface area contributed by atoms with E-state index < -0.39 is 0 Å². The monoisotopic (exact) mass is 275 g/mol. The van der Waals surface area contributed by atoms with Crippen molar-refractivity contribution in [1.29, 1.82) is 0 Å². The number of nitrogens with zero attached hydrogens (tertiary/aromatic N) is 4. The van der Waals surface area contributed by atoms with E-state index in [-0.39, 0.29) is 18.1 Å². The molecule has 2 rings (SSSR count). The zero-order chi connectivity index (χ0) is 14.7. The number of nitrogens with one attached hydrogen (secondary N) is 1. The lowest BCUT2D eigenvalue weighted by atomic mass is 10.3. The van der Waals surface area contributed by atoms with E-state index in [4.69, 9.17) is 4.52 Å². The highest BCUT2D eigenvalue weighted by atomic mass is 16.5. The van der Waals surface area contributed by atoms with Crippen LogP contribution in [0.3, 0.4) is 0 Å². The molecule has 0 unspecified atom stereocenters. The highest BCUT2D eigenvalue weighted by Crippen LogP contribution is 2.09. The minimum atomic E-state index is -0.307. The van der Waals surface area contributed by atoms with Crippen LogP contribution in [-0.4, -0.2) is 35.1 Å². The summed E-state index contributed by atoms with van der Waals surface area (Å²) in [5, 5.41) is 6.37. The third-order valence-electron chi connectivity index (χ3n) is 2.61. The van der Waals surface area contributed by atoms with Crippen molar-refractivity contribution in [3.63, 3.8) is 0 Å². The van der Waals surface area contributed by atoms with Gasteiger partial charge in [0.25, 0.3) is 5.91 Å². The number of aromatic nitrogens is 3. The molecule has 1 amide bonds. The third-order valence-corrected chi connectivity index (χ3v) is 2.61. The lowest BCUT2D eigenvalue weighted by Gasteiger charge is -2.13. The van der Waals surface area contributed by atoms with Crippen molar-refractivity contribution in [3.8, 4) is 0 Å². The molecule has 0 aliphatic heterocycles. The minimum absolute atomic E-state index is 0.243. The molecule has 0 radical (unpaired) electrons. The van der Waals surface area contributed by atoms with Gasteiger partial charge in [-0.1, -0.05) is 5.16 Å². The highest BCUT2D eigenvalue weighted by molar-refractivity contribution is 5.92. The first-order chi connectivity index (χ1) is 9.45. The molecule has 0 fully saturated rings. The smallest absolute Gasteiger partial charge is 0.273 e. The van der Waals surface area contributed by atoms with Crippen molar-refractivity contribution >= 4 is 11.7 Å². The van der Waals surface area contributed by atoms with Crippen LogP contribution in [0.4, 0.5) is 5.82 Å². The number of rotatable bonds is 4. The molecule has 7 nitrogen and oxygen atoms in total. The second-order valence-electron chi connectivity index (χ2n) is 4.68. The van der Waals surface area contributed by atoms with Gasteiger partial charge in [0.2, 0.25) is 0 Å². The van der Waals surface area contributed by atoms with Crippen LogP contribution in [0.1, 0.15) is 27.8 Å². The maximum atomic E-state index is 11.8. The third kappa shape index (κ3) is 3.31. The fraction of sp³-hybridized carbons (Fsp3) is 0.385. The Morgan fingerprint density at radius 2 is 2.05 bits per heavy atom. The average Bonchev–Trinajstić information content (AvgIpc) is 2.82. The molecule has 0 aliphatic rings. The Labute approximate surface area is 117 Å². The first-order valence-electron chi connectivity index (χ1n) is 6.19. The highest BCUT2D eigenvalue weighted by Gasteiger charge is 2.11. The van der Waals surface area contributed by atoms with E-state index in [0.717, 1.165) is 11.5 Å². The van der Waals surface area contributed by atoms with Crippen molar-refractivity contribution in [1.82, 2.24) is 20.4 Å². The van der Waals surface area contributed by atoms with Gasteiger partial charge in [-0.2, -0.15) is 0 Å². The molecule has 7 heteroatoms. The maximum Gasteiger partial charge on any atom is 0.273 e. The van der Waals surface area contributed by atoms with Gasteiger partial charge >= 0.3 is 0 Å². The fourth-order valence-corrected chi connectivity index (χ4v) is 1.64. The normalized spacial score (nSPS) is 10.4. The molecule has 20 heavy (non-hydrogen) atoms. The van der Waals surface area contributed by atoms with Gasteiger partial charge in [0.15, 0.2) is 5.69 Å². The fourth-order valence-electron chi connectivity index (χ4n) is 1.64. The van der Waals surface area contributed by atoms with Crippen LogP contribution in [0.5, 0.6) is 0 Å². The zero-order valence-electron chi connectivity index (χ0n) is 12.0. The largest absolute Gasteiger partial charge is 0.363 e. The van der Waals surface area contributed by atoms with Gasteiger partial charge in [-0.05, 0) is 13.8 Å². The van der Waals surface area contributed by atoms with Crippen LogP contribution >= 0.6 is 0 Å². The van der Waals surface area contributed by atoms with Crippen molar-refractivity contribution < 1.29 is 9.32 Å². The standard InChI is InChI=1S/C13H17N5O2/c1-8-5-12(18(3)4)16-11(15-8)7-14-13(19)10-6-9(2)20-17-10/h5-6H,7H2,1-4H3,(H,14,19). The van der Waals surface area contributed by atoms with Crippen molar-refractivity contribution in [2.24, 2.45) is 0 Å². The van der Waals surface area contributed by atoms with E-state index >= 15 is 0 Å². The summed E-state index contributed by atoms with van der Waals surface area (Å²) in [6.45, 7) is 3.87. The Bertz CT molecular complexity index is 621. The van der Waals surface area contributed by atoms with Gasteiger partial charge in [-0.3, -0.25) is 4.79 Å². The lowest BCUT2D eigenvalue weighted by molar-refractivity contribution is 0.0940. The molecule has 0 saturated carbocycles. The van der Waals surface area contributed by atoms with Crippen molar-refractivity contribution in [2.75, 3.05) is 19.0 Å². The molecular formula is C13H17N5O2. The number of carbonyl (C=O) groups excluding carboxylic acids is 1. The number of anilines is 1. The molecule has 0 aromatic carbocycles. The van der Waals surface area contributed by atoms with Gasteiger partial charge in [0, 0.05) is 31.9 Å². The number of amides is 1. The molecule has 0 aliphatic carbocycles. The maximum absolute atomic E-state index is 11.8. The molecule has 0 spiro atoms. The predicted octanol–water partition coefficient (Wildman–Crippen LogP) is 1.08. The van der Waals surface area contributed by atoms with E-state index in [9.17, 15) is 4.79 Å². The van der Waals surface area contributed by atoms with Crippen LogP contribution in [0.2, 0.25) is 0 Å². The Morgan fingerprint density at radius 3 is 2.65 bits per heavy atom. The Kier molecular flexibility index (Phi) is 3.97. The van der Waals surface area contributed by atoms with Crippen molar-refractivity contribution in [2.45, 2.75) is 20.4 Å². The summed E-state index contributed by atoms with van der Waals surface area (Å²) in [4.78, 5) is 22.4. The summed E-state index contributed by atoms with van der Waals surface area (Å²) in [6.07, 6.45) is 0. The molecule has 0 saturated heterocycles. The summed E-state index contributed by atoms with van der Waals surface area (Å²) in [7, 11) is 3.81. The number of hydrogen-bond acceptors (Lipinski definition) is 6. The van der Waals surface area contributed by atoms with Crippen LogP contribution in [-0.2, 0) is 6.54 Å². The zero-order valence-corrected chi connectivity index (χ0v) is 12.0. The lowest BCUT2D eigenvalue weighted by Crippen LogP contribution is -2.25. The van der Waals surface area contributed by atoms with Crippen LogP contribution in [0.25, 0.3) is 0 Å². The molecule has 2 aromatic heterocycles.